The van der Waals surface area contributed by atoms with E-state index >= 15 is 0 Å². The molecule has 0 aromatic carbocycles. The van der Waals surface area contributed by atoms with Crippen LogP contribution in [0.3, 0.4) is 0 Å². The summed E-state index contributed by atoms with van der Waals surface area (Å²) in [5, 5.41) is 0. The standard InChI is InChI=1S/C11H24N2O/c1-4-11(5-12)7-13-6-10(3)14-8-9(13)2/h9-11H,4-8,12H2,1-3H3. The van der Waals surface area contributed by atoms with Crippen molar-refractivity contribution in [2.24, 2.45) is 11.7 Å². The molecule has 84 valence electrons. The summed E-state index contributed by atoms with van der Waals surface area (Å²) < 4.78 is 5.60. The molecule has 0 amide bonds. The lowest BCUT2D eigenvalue weighted by molar-refractivity contribution is -0.0539. The maximum atomic E-state index is 5.72. The average Bonchev–Trinajstić information content (AvgIpc) is 2.19. The van der Waals surface area contributed by atoms with Crippen molar-refractivity contribution in [2.75, 3.05) is 26.2 Å². The zero-order valence-corrected chi connectivity index (χ0v) is 9.70. The van der Waals surface area contributed by atoms with Crippen LogP contribution in [0.2, 0.25) is 0 Å². The highest BCUT2D eigenvalue weighted by atomic mass is 16.5. The van der Waals surface area contributed by atoms with Gasteiger partial charge in [0.05, 0.1) is 12.7 Å². The van der Waals surface area contributed by atoms with Crippen LogP contribution in [-0.4, -0.2) is 43.3 Å². The summed E-state index contributed by atoms with van der Waals surface area (Å²) in [4.78, 5) is 2.51. The van der Waals surface area contributed by atoms with Gasteiger partial charge in [0, 0.05) is 19.1 Å². The van der Waals surface area contributed by atoms with Gasteiger partial charge < -0.3 is 10.5 Å². The quantitative estimate of drug-likeness (QED) is 0.738. The normalized spacial score (nSPS) is 31.7. The molecule has 3 atom stereocenters. The maximum absolute atomic E-state index is 5.72. The van der Waals surface area contributed by atoms with Crippen LogP contribution in [0.5, 0.6) is 0 Å². The summed E-state index contributed by atoms with van der Waals surface area (Å²) in [5.41, 5.74) is 5.72. The van der Waals surface area contributed by atoms with Gasteiger partial charge in [0.15, 0.2) is 0 Å². The Bertz CT molecular complexity index is 159. The number of hydrogen-bond acceptors (Lipinski definition) is 3. The van der Waals surface area contributed by atoms with Crippen LogP contribution in [0.1, 0.15) is 27.2 Å². The highest BCUT2D eigenvalue weighted by Crippen LogP contribution is 2.14. The van der Waals surface area contributed by atoms with Crippen LogP contribution in [0.25, 0.3) is 0 Å². The summed E-state index contributed by atoms with van der Waals surface area (Å²) >= 11 is 0. The first-order valence-corrected chi connectivity index (χ1v) is 5.73. The smallest absolute Gasteiger partial charge is 0.0674 e. The summed E-state index contributed by atoms with van der Waals surface area (Å²) in [6.45, 7) is 10.4. The Hall–Kier alpha value is -0.120. The van der Waals surface area contributed by atoms with E-state index in [9.17, 15) is 0 Å². The molecule has 0 aromatic rings. The molecule has 0 aliphatic carbocycles. The Morgan fingerprint density at radius 2 is 2.21 bits per heavy atom. The maximum Gasteiger partial charge on any atom is 0.0674 e. The van der Waals surface area contributed by atoms with Gasteiger partial charge in [-0.3, -0.25) is 4.90 Å². The van der Waals surface area contributed by atoms with Gasteiger partial charge in [-0.05, 0) is 26.3 Å². The predicted molar refractivity (Wildman–Crippen MR) is 59.3 cm³/mol. The number of ether oxygens (including phenoxy) is 1. The molecular formula is C11H24N2O. The topological polar surface area (TPSA) is 38.5 Å². The monoisotopic (exact) mass is 200 g/mol. The lowest BCUT2D eigenvalue weighted by Crippen LogP contribution is -2.49. The van der Waals surface area contributed by atoms with E-state index in [4.69, 9.17) is 10.5 Å². The molecule has 1 fully saturated rings. The van der Waals surface area contributed by atoms with E-state index in [0.717, 1.165) is 26.2 Å². The van der Waals surface area contributed by atoms with E-state index in [1.54, 1.807) is 0 Å². The Labute approximate surface area is 87.6 Å². The fraction of sp³-hybridized carbons (Fsp3) is 1.00. The summed E-state index contributed by atoms with van der Waals surface area (Å²) in [6, 6.07) is 0.548. The molecule has 0 saturated carbocycles. The second-order valence-corrected chi connectivity index (χ2v) is 4.46. The largest absolute Gasteiger partial charge is 0.376 e. The minimum Gasteiger partial charge on any atom is -0.376 e. The average molecular weight is 200 g/mol. The molecule has 0 radical (unpaired) electrons. The van der Waals surface area contributed by atoms with Crippen LogP contribution < -0.4 is 5.73 Å². The van der Waals surface area contributed by atoms with Crippen molar-refractivity contribution >= 4 is 0 Å². The molecular weight excluding hydrogens is 176 g/mol. The minimum atomic E-state index is 0.376. The molecule has 1 saturated heterocycles. The molecule has 3 unspecified atom stereocenters. The van der Waals surface area contributed by atoms with Crippen molar-refractivity contribution in [3.8, 4) is 0 Å². The van der Waals surface area contributed by atoms with Crippen molar-refractivity contribution in [1.82, 2.24) is 4.90 Å². The van der Waals surface area contributed by atoms with Crippen LogP contribution >= 0.6 is 0 Å². The first-order valence-electron chi connectivity index (χ1n) is 5.73. The van der Waals surface area contributed by atoms with Gasteiger partial charge in [0.25, 0.3) is 0 Å². The molecule has 0 bridgehead atoms. The van der Waals surface area contributed by atoms with Gasteiger partial charge in [-0.15, -0.1) is 0 Å². The van der Waals surface area contributed by atoms with Gasteiger partial charge in [-0.25, -0.2) is 0 Å². The van der Waals surface area contributed by atoms with Gasteiger partial charge in [-0.1, -0.05) is 13.3 Å². The van der Waals surface area contributed by atoms with Crippen molar-refractivity contribution in [2.45, 2.75) is 39.3 Å². The third-order valence-electron chi connectivity index (χ3n) is 3.14. The lowest BCUT2D eigenvalue weighted by atomic mass is 10.0. The van der Waals surface area contributed by atoms with Gasteiger partial charge in [0.2, 0.25) is 0 Å². The Balaban J connectivity index is 2.40. The van der Waals surface area contributed by atoms with Crippen LogP contribution in [-0.2, 0) is 4.74 Å². The highest BCUT2D eigenvalue weighted by Gasteiger charge is 2.24. The molecule has 0 spiro atoms. The van der Waals surface area contributed by atoms with Gasteiger partial charge in [0.1, 0.15) is 0 Å². The van der Waals surface area contributed by atoms with Crippen LogP contribution in [0, 0.1) is 5.92 Å². The Morgan fingerprint density at radius 1 is 1.50 bits per heavy atom. The van der Waals surface area contributed by atoms with Crippen LogP contribution in [0.15, 0.2) is 0 Å². The molecule has 3 nitrogen and oxygen atoms in total. The SMILES string of the molecule is CCC(CN)CN1CC(C)OCC1C. The summed E-state index contributed by atoms with van der Waals surface area (Å²) in [6.07, 6.45) is 1.55. The van der Waals surface area contributed by atoms with Crippen molar-refractivity contribution in [1.29, 1.82) is 0 Å². The van der Waals surface area contributed by atoms with E-state index in [2.05, 4.69) is 25.7 Å². The van der Waals surface area contributed by atoms with Gasteiger partial charge >= 0.3 is 0 Å². The van der Waals surface area contributed by atoms with Crippen LogP contribution in [0.4, 0.5) is 0 Å². The van der Waals surface area contributed by atoms with Crippen molar-refractivity contribution < 1.29 is 4.74 Å². The zero-order chi connectivity index (χ0) is 10.6. The van der Waals surface area contributed by atoms with E-state index in [-0.39, 0.29) is 0 Å². The van der Waals surface area contributed by atoms with E-state index in [0.29, 0.717) is 18.1 Å². The molecule has 14 heavy (non-hydrogen) atoms. The van der Waals surface area contributed by atoms with E-state index in [1.165, 1.54) is 6.42 Å². The number of hydrogen-bond donors (Lipinski definition) is 1. The molecule has 2 N–H and O–H groups in total. The third kappa shape index (κ3) is 3.23. The minimum absolute atomic E-state index is 0.376. The molecule has 1 aliphatic rings. The van der Waals surface area contributed by atoms with E-state index < -0.39 is 0 Å². The molecule has 0 aromatic heterocycles. The molecule has 1 heterocycles. The summed E-state index contributed by atoms with van der Waals surface area (Å²) in [5.74, 6) is 0.641. The Morgan fingerprint density at radius 3 is 2.79 bits per heavy atom. The Kier molecular flexibility index (Phi) is 4.85. The first kappa shape index (κ1) is 12.0. The second kappa shape index (κ2) is 5.69. The highest BCUT2D eigenvalue weighted by molar-refractivity contribution is 4.77. The summed E-state index contributed by atoms with van der Waals surface area (Å²) in [7, 11) is 0. The number of rotatable bonds is 4. The lowest BCUT2D eigenvalue weighted by Gasteiger charge is -2.38. The number of morpholine rings is 1. The van der Waals surface area contributed by atoms with Crippen molar-refractivity contribution in [3.63, 3.8) is 0 Å². The van der Waals surface area contributed by atoms with E-state index in [1.807, 2.05) is 0 Å². The molecule has 1 rings (SSSR count). The first-order chi connectivity index (χ1) is 6.67. The zero-order valence-electron chi connectivity index (χ0n) is 9.70. The predicted octanol–water partition coefficient (Wildman–Crippen LogP) is 1.08. The van der Waals surface area contributed by atoms with Gasteiger partial charge in [-0.2, -0.15) is 0 Å². The second-order valence-electron chi connectivity index (χ2n) is 4.46. The fourth-order valence-electron chi connectivity index (χ4n) is 1.93. The number of nitrogens with two attached hydrogens (primary N) is 1. The molecule has 1 aliphatic heterocycles. The third-order valence-corrected chi connectivity index (χ3v) is 3.14. The number of nitrogens with zero attached hydrogens (tertiary/aromatic N) is 1. The molecule has 3 heteroatoms. The fourth-order valence-corrected chi connectivity index (χ4v) is 1.93. The van der Waals surface area contributed by atoms with Crippen molar-refractivity contribution in [3.05, 3.63) is 0 Å².